The molecule has 3 rings (SSSR count). The normalized spacial score (nSPS) is 15.7. The highest BCUT2D eigenvalue weighted by Crippen LogP contribution is 2.23. The SMILES string of the molecule is COc1ccc(CCNC(=O)[C@@H](C)N2CC=C(c3ccccc3)CC2)cc1. The number of nitrogens with zero attached hydrogens (tertiary/aromatic N) is 1. The minimum atomic E-state index is -0.116. The molecular weight excluding hydrogens is 336 g/mol. The Morgan fingerprint density at radius 3 is 2.52 bits per heavy atom. The molecule has 0 aliphatic carbocycles. The van der Waals surface area contributed by atoms with Crippen LogP contribution in [0.1, 0.15) is 24.5 Å². The average Bonchev–Trinajstić information content (AvgIpc) is 2.74. The van der Waals surface area contributed by atoms with Crippen LogP contribution in [0, 0.1) is 0 Å². The standard InChI is InChI=1S/C23H28N2O2/c1-18(23(26)24-15-12-19-8-10-22(27-2)11-9-19)25-16-13-21(14-17-25)20-6-4-3-5-7-20/h3-11,13,18H,12,14-17H2,1-2H3,(H,24,26)/t18-/m1/s1. The largest absolute Gasteiger partial charge is 0.497 e. The Morgan fingerprint density at radius 2 is 1.89 bits per heavy atom. The third kappa shape index (κ3) is 5.20. The van der Waals surface area contributed by atoms with Gasteiger partial charge in [0.2, 0.25) is 5.91 Å². The smallest absolute Gasteiger partial charge is 0.237 e. The van der Waals surface area contributed by atoms with E-state index >= 15 is 0 Å². The highest BCUT2D eigenvalue weighted by atomic mass is 16.5. The first-order valence-corrected chi connectivity index (χ1v) is 9.56. The Labute approximate surface area is 161 Å². The van der Waals surface area contributed by atoms with Crippen molar-refractivity contribution < 1.29 is 9.53 Å². The highest BCUT2D eigenvalue weighted by molar-refractivity contribution is 5.81. The molecule has 0 saturated heterocycles. The van der Waals surface area contributed by atoms with Gasteiger partial charge in [0, 0.05) is 19.6 Å². The molecular formula is C23H28N2O2. The zero-order valence-electron chi connectivity index (χ0n) is 16.2. The van der Waals surface area contributed by atoms with Gasteiger partial charge in [-0.1, -0.05) is 48.5 Å². The van der Waals surface area contributed by atoms with E-state index in [0.29, 0.717) is 6.54 Å². The molecule has 0 bridgehead atoms. The molecule has 4 heteroatoms. The zero-order chi connectivity index (χ0) is 19.1. The molecule has 1 aliphatic heterocycles. The number of methoxy groups -OCH3 is 1. The summed E-state index contributed by atoms with van der Waals surface area (Å²) in [6.07, 6.45) is 4.05. The van der Waals surface area contributed by atoms with Gasteiger partial charge in [-0.2, -0.15) is 0 Å². The number of rotatable bonds is 7. The Bertz CT molecular complexity index is 769. The van der Waals surface area contributed by atoms with Crippen LogP contribution in [0.15, 0.2) is 60.7 Å². The average molecular weight is 364 g/mol. The molecule has 0 spiro atoms. The predicted octanol–water partition coefficient (Wildman–Crippen LogP) is 3.53. The minimum Gasteiger partial charge on any atom is -0.497 e. The lowest BCUT2D eigenvalue weighted by Crippen LogP contribution is -2.47. The number of carbonyl (C=O) groups excluding carboxylic acids is 1. The van der Waals surface area contributed by atoms with Crippen molar-refractivity contribution in [1.29, 1.82) is 0 Å². The third-order valence-corrected chi connectivity index (χ3v) is 5.18. The van der Waals surface area contributed by atoms with Crippen molar-refractivity contribution in [2.24, 2.45) is 0 Å². The van der Waals surface area contributed by atoms with Crippen molar-refractivity contribution in [2.45, 2.75) is 25.8 Å². The third-order valence-electron chi connectivity index (χ3n) is 5.18. The molecule has 2 aromatic carbocycles. The van der Waals surface area contributed by atoms with E-state index in [2.05, 4.69) is 40.6 Å². The monoisotopic (exact) mass is 364 g/mol. The van der Waals surface area contributed by atoms with Crippen molar-refractivity contribution in [2.75, 3.05) is 26.7 Å². The van der Waals surface area contributed by atoms with Crippen LogP contribution in [0.3, 0.4) is 0 Å². The summed E-state index contributed by atoms with van der Waals surface area (Å²) in [5.41, 5.74) is 3.85. The van der Waals surface area contributed by atoms with E-state index in [9.17, 15) is 4.79 Å². The second-order valence-electron chi connectivity index (χ2n) is 6.91. The van der Waals surface area contributed by atoms with Crippen LogP contribution in [-0.2, 0) is 11.2 Å². The number of nitrogens with one attached hydrogen (secondary N) is 1. The number of amides is 1. The van der Waals surface area contributed by atoms with E-state index in [0.717, 1.165) is 31.7 Å². The number of carbonyl (C=O) groups is 1. The van der Waals surface area contributed by atoms with Crippen LogP contribution in [-0.4, -0.2) is 43.6 Å². The molecule has 2 aromatic rings. The van der Waals surface area contributed by atoms with Gasteiger partial charge in [0.1, 0.15) is 5.75 Å². The van der Waals surface area contributed by atoms with Crippen molar-refractivity contribution in [3.63, 3.8) is 0 Å². The zero-order valence-corrected chi connectivity index (χ0v) is 16.2. The number of ether oxygens (including phenoxy) is 1. The number of hydrogen-bond donors (Lipinski definition) is 1. The summed E-state index contributed by atoms with van der Waals surface area (Å²) in [5, 5.41) is 3.07. The fourth-order valence-electron chi connectivity index (χ4n) is 3.39. The van der Waals surface area contributed by atoms with Gasteiger partial charge < -0.3 is 10.1 Å². The molecule has 0 unspecified atom stereocenters. The van der Waals surface area contributed by atoms with Crippen LogP contribution in [0.4, 0.5) is 0 Å². The van der Waals surface area contributed by atoms with E-state index < -0.39 is 0 Å². The summed E-state index contributed by atoms with van der Waals surface area (Å²) < 4.78 is 5.17. The fourth-order valence-corrected chi connectivity index (χ4v) is 3.39. The van der Waals surface area contributed by atoms with Crippen molar-refractivity contribution in [1.82, 2.24) is 10.2 Å². The van der Waals surface area contributed by atoms with Gasteiger partial charge in [0.25, 0.3) is 0 Å². The topological polar surface area (TPSA) is 41.6 Å². The minimum absolute atomic E-state index is 0.0973. The van der Waals surface area contributed by atoms with E-state index in [1.54, 1.807) is 7.11 Å². The first-order valence-electron chi connectivity index (χ1n) is 9.56. The lowest BCUT2D eigenvalue weighted by molar-refractivity contribution is -0.125. The second kappa shape index (κ2) is 9.38. The Hall–Kier alpha value is -2.59. The number of hydrogen-bond acceptors (Lipinski definition) is 3. The van der Waals surface area contributed by atoms with E-state index in [1.165, 1.54) is 16.7 Å². The molecule has 1 amide bonds. The van der Waals surface area contributed by atoms with Crippen molar-refractivity contribution >= 4 is 11.5 Å². The summed E-state index contributed by atoms with van der Waals surface area (Å²) in [7, 11) is 1.66. The van der Waals surface area contributed by atoms with Gasteiger partial charge in [-0.25, -0.2) is 0 Å². The Balaban J connectivity index is 1.45. The van der Waals surface area contributed by atoms with Gasteiger partial charge in [-0.3, -0.25) is 9.69 Å². The summed E-state index contributed by atoms with van der Waals surface area (Å²) in [5.74, 6) is 0.949. The molecule has 0 aromatic heterocycles. The first kappa shape index (κ1) is 19.2. The molecule has 1 atom stereocenters. The lowest BCUT2D eigenvalue weighted by atomic mass is 9.99. The van der Waals surface area contributed by atoms with E-state index in [1.807, 2.05) is 37.3 Å². The van der Waals surface area contributed by atoms with Gasteiger partial charge >= 0.3 is 0 Å². The maximum absolute atomic E-state index is 12.5. The quantitative estimate of drug-likeness (QED) is 0.817. The maximum atomic E-state index is 12.5. The molecule has 0 fully saturated rings. The number of benzene rings is 2. The fraction of sp³-hybridized carbons (Fsp3) is 0.348. The van der Waals surface area contributed by atoms with Crippen molar-refractivity contribution in [3.05, 3.63) is 71.8 Å². The summed E-state index contributed by atoms with van der Waals surface area (Å²) in [6, 6.07) is 18.3. The van der Waals surface area contributed by atoms with E-state index in [-0.39, 0.29) is 11.9 Å². The van der Waals surface area contributed by atoms with Crippen LogP contribution in [0.25, 0.3) is 5.57 Å². The highest BCUT2D eigenvalue weighted by Gasteiger charge is 2.23. The molecule has 1 aliphatic rings. The van der Waals surface area contributed by atoms with Crippen LogP contribution in [0.2, 0.25) is 0 Å². The molecule has 1 heterocycles. The maximum Gasteiger partial charge on any atom is 0.237 e. The van der Waals surface area contributed by atoms with Crippen molar-refractivity contribution in [3.8, 4) is 5.75 Å². The van der Waals surface area contributed by atoms with E-state index in [4.69, 9.17) is 4.74 Å². The molecule has 0 radical (unpaired) electrons. The summed E-state index contributed by atoms with van der Waals surface area (Å²) >= 11 is 0. The first-order chi connectivity index (χ1) is 13.2. The van der Waals surface area contributed by atoms with Gasteiger partial charge in [-0.15, -0.1) is 0 Å². The molecule has 4 nitrogen and oxygen atoms in total. The van der Waals surface area contributed by atoms with Gasteiger partial charge in [0.15, 0.2) is 0 Å². The molecule has 142 valence electrons. The summed E-state index contributed by atoms with van der Waals surface area (Å²) in [4.78, 5) is 14.7. The second-order valence-corrected chi connectivity index (χ2v) is 6.91. The van der Waals surface area contributed by atoms with Crippen LogP contribution in [0.5, 0.6) is 5.75 Å². The molecule has 1 N–H and O–H groups in total. The van der Waals surface area contributed by atoms with Crippen LogP contribution < -0.4 is 10.1 Å². The molecule has 0 saturated carbocycles. The predicted molar refractivity (Wildman–Crippen MR) is 110 cm³/mol. The van der Waals surface area contributed by atoms with Gasteiger partial charge in [0.05, 0.1) is 13.2 Å². The Kier molecular flexibility index (Phi) is 6.66. The molecule has 27 heavy (non-hydrogen) atoms. The Morgan fingerprint density at radius 1 is 1.15 bits per heavy atom. The van der Waals surface area contributed by atoms with Crippen LogP contribution >= 0.6 is 0 Å². The lowest BCUT2D eigenvalue weighted by Gasteiger charge is -2.31. The summed E-state index contributed by atoms with van der Waals surface area (Å²) in [6.45, 7) is 4.36. The van der Waals surface area contributed by atoms with Gasteiger partial charge in [-0.05, 0) is 48.6 Å².